The van der Waals surface area contributed by atoms with Crippen molar-refractivity contribution in [3.63, 3.8) is 0 Å². The maximum absolute atomic E-state index is 12.2. The van der Waals surface area contributed by atoms with Crippen LogP contribution in [-0.4, -0.2) is 42.0 Å². The molecular formula is C14H23Cl2N3O. The number of carbonyl (C=O) groups is 1. The molecule has 1 unspecified atom stereocenters. The highest BCUT2D eigenvalue weighted by Crippen LogP contribution is 2.18. The molecule has 2 rings (SSSR count). The molecule has 4 nitrogen and oxygen atoms in total. The molecule has 1 aliphatic heterocycles. The number of aromatic nitrogens is 1. The normalized spacial score (nSPS) is 17.2. The van der Waals surface area contributed by atoms with Gasteiger partial charge in [-0.2, -0.15) is 0 Å². The summed E-state index contributed by atoms with van der Waals surface area (Å²) in [7, 11) is 1.94. The lowest BCUT2D eigenvalue weighted by molar-refractivity contribution is -0.131. The first-order valence-electron chi connectivity index (χ1n) is 6.65. The van der Waals surface area contributed by atoms with E-state index in [0.29, 0.717) is 12.5 Å². The van der Waals surface area contributed by atoms with E-state index < -0.39 is 0 Å². The Labute approximate surface area is 133 Å². The molecule has 1 aromatic rings. The summed E-state index contributed by atoms with van der Waals surface area (Å²) in [6, 6.07) is 6.22. The number of carbonyl (C=O) groups excluding carboxylic acids is 1. The third kappa shape index (κ3) is 5.27. The van der Waals surface area contributed by atoms with Crippen LogP contribution < -0.4 is 5.32 Å². The van der Waals surface area contributed by atoms with E-state index in [1.54, 1.807) is 6.20 Å². The Morgan fingerprint density at radius 3 is 2.90 bits per heavy atom. The number of halogens is 2. The minimum absolute atomic E-state index is 0. The zero-order chi connectivity index (χ0) is 12.8. The largest absolute Gasteiger partial charge is 0.338 e. The summed E-state index contributed by atoms with van der Waals surface area (Å²) in [5.41, 5.74) is 0.996. The molecule has 1 aromatic heterocycles. The van der Waals surface area contributed by atoms with E-state index in [2.05, 4.69) is 10.3 Å². The molecule has 2 heterocycles. The van der Waals surface area contributed by atoms with Gasteiger partial charge in [-0.3, -0.25) is 9.78 Å². The zero-order valence-electron chi connectivity index (χ0n) is 11.7. The van der Waals surface area contributed by atoms with Gasteiger partial charge in [0.25, 0.3) is 0 Å². The number of likely N-dealkylation sites (N-methyl/N-ethyl adjacent to an activating group) is 1. The number of aryl methyl sites for hydroxylation is 1. The molecule has 0 saturated carbocycles. The van der Waals surface area contributed by atoms with E-state index in [4.69, 9.17) is 0 Å². The highest BCUT2D eigenvalue weighted by molar-refractivity contribution is 5.85. The van der Waals surface area contributed by atoms with Crippen LogP contribution in [0.15, 0.2) is 24.4 Å². The standard InChI is InChI=1S/C14H21N3O.2ClH/c1-15-11-13-6-4-10-17(13)14(18)8-7-12-5-2-3-9-16-12;;/h2-3,5,9,13,15H,4,6-8,10-11H2,1H3;2*1H. The van der Waals surface area contributed by atoms with Crippen molar-refractivity contribution in [1.82, 2.24) is 15.2 Å². The van der Waals surface area contributed by atoms with E-state index in [-0.39, 0.29) is 30.7 Å². The Morgan fingerprint density at radius 1 is 1.45 bits per heavy atom. The number of likely N-dealkylation sites (tertiary alicyclic amines) is 1. The fourth-order valence-corrected chi connectivity index (χ4v) is 2.54. The van der Waals surface area contributed by atoms with E-state index >= 15 is 0 Å². The molecule has 0 radical (unpaired) electrons. The molecule has 20 heavy (non-hydrogen) atoms. The summed E-state index contributed by atoms with van der Waals surface area (Å²) < 4.78 is 0. The molecule has 114 valence electrons. The van der Waals surface area contributed by atoms with Gasteiger partial charge in [0.1, 0.15) is 0 Å². The molecule has 1 N–H and O–H groups in total. The Balaban J connectivity index is 0.00000180. The van der Waals surface area contributed by atoms with Crippen LogP contribution in [-0.2, 0) is 11.2 Å². The predicted octanol–water partition coefficient (Wildman–Crippen LogP) is 2.07. The Morgan fingerprint density at radius 2 is 2.25 bits per heavy atom. The molecule has 1 fully saturated rings. The van der Waals surface area contributed by atoms with Crippen LogP contribution in [0.1, 0.15) is 25.0 Å². The van der Waals surface area contributed by atoms with Crippen LogP contribution in [0.25, 0.3) is 0 Å². The van der Waals surface area contributed by atoms with Crippen LogP contribution in [0.2, 0.25) is 0 Å². The molecule has 6 heteroatoms. The second kappa shape index (κ2) is 9.97. The van der Waals surface area contributed by atoms with Crippen LogP contribution >= 0.6 is 24.8 Å². The van der Waals surface area contributed by atoms with Crippen molar-refractivity contribution >= 4 is 30.7 Å². The summed E-state index contributed by atoms with van der Waals surface area (Å²) in [6.07, 6.45) is 5.33. The van der Waals surface area contributed by atoms with Crippen molar-refractivity contribution in [2.75, 3.05) is 20.1 Å². The lowest BCUT2D eigenvalue weighted by atomic mass is 10.2. The van der Waals surface area contributed by atoms with Crippen LogP contribution in [0.5, 0.6) is 0 Å². The molecule has 1 aliphatic rings. The van der Waals surface area contributed by atoms with Crippen LogP contribution in [0.3, 0.4) is 0 Å². The molecule has 1 saturated heterocycles. The quantitative estimate of drug-likeness (QED) is 0.903. The van der Waals surface area contributed by atoms with E-state index in [1.807, 2.05) is 30.1 Å². The molecule has 0 aromatic carbocycles. The third-order valence-electron chi connectivity index (χ3n) is 3.46. The first-order valence-corrected chi connectivity index (χ1v) is 6.65. The average molecular weight is 320 g/mol. The smallest absolute Gasteiger partial charge is 0.223 e. The number of pyridine rings is 1. The number of nitrogens with one attached hydrogen (secondary N) is 1. The topological polar surface area (TPSA) is 45.2 Å². The summed E-state index contributed by atoms with van der Waals surface area (Å²) in [4.78, 5) is 18.5. The van der Waals surface area contributed by atoms with Gasteiger partial charge in [0.15, 0.2) is 0 Å². The first-order chi connectivity index (χ1) is 8.81. The zero-order valence-corrected chi connectivity index (χ0v) is 13.4. The monoisotopic (exact) mass is 319 g/mol. The lowest BCUT2D eigenvalue weighted by Gasteiger charge is -2.24. The van der Waals surface area contributed by atoms with Gasteiger partial charge in [0.05, 0.1) is 0 Å². The third-order valence-corrected chi connectivity index (χ3v) is 3.46. The van der Waals surface area contributed by atoms with Gasteiger partial charge in [0.2, 0.25) is 5.91 Å². The number of nitrogens with zero attached hydrogens (tertiary/aromatic N) is 2. The average Bonchev–Trinajstić information content (AvgIpc) is 2.86. The van der Waals surface area contributed by atoms with E-state index in [9.17, 15) is 4.79 Å². The lowest BCUT2D eigenvalue weighted by Crippen LogP contribution is -2.40. The van der Waals surface area contributed by atoms with Crippen molar-refractivity contribution in [2.24, 2.45) is 0 Å². The highest BCUT2D eigenvalue weighted by Gasteiger charge is 2.27. The van der Waals surface area contributed by atoms with Gasteiger partial charge in [-0.15, -0.1) is 24.8 Å². The van der Waals surface area contributed by atoms with Crippen molar-refractivity contribution in [1.29, 1.82) is 0 Å². The molecule has 0 spiro atoms. The second-order valence-electron chi connectivity index (χ2n) is 4.76. The van der Waals surface area contributed by atoms with E-state index in [0.717, 1.165) is 38.0 Å². The minimum atomic E-state index is 0. The summed E-state index contributed by atoms with van der Waals surface area (Å²) >= 11 is 0. The van der Waals surface area contributed by atoms with Gasteiger partial charge in [-0.05, 0) is 38.4 Å². The maximum Gasteiger partial charge on any atom is 0.223 e. The number of amides is 1. The minimum Gasteiger partial charge on any atom is -0.338 e. The molecule has 1 amide bonds. The van der Waals surface area contributed by atoms with Gasteiger partial charge < -0.3 is 10.2 Å². The van der Waals surface area contributed by atoms with Gasteiger partial charge in [-0.25, -0.2) is 0 Å². The number of rotatable bonds is 5. The summed E-state index contributed by atoms with van der Waals surface area (Å²) in [5.74, 6) is 0.262. The maximum atomic E-state index is 12.2. The van der Waals surface area contributed by atoms with Gasteiger partial charge in [0, 0.05) is 37.4 Å². The summed E-state index contributed by atoms with van der Waals surface area (Å²) in [6.45, 7) is 1.81. The number of hydrogen-bond acceptors (Lipinski definition) is 3. The number of hydrogen-bond donors (Lipinski definition) is 1. The molecule has 0 bridgehead atoms. The Kier molecular flexibility index (Phi) is 9.55. The molecule has 0 aliphatic carbocycles. The van der Waals surface area contributed by atoms with Crippen LogP contribution in [0, 0.1) is 0 Å². The SMILES string of the molecule is CNCC1CCCN1C(=O)CCc1ccccn1.Cl.Cl. The van der Waals surface area contributed by atoms with Crippen molar-refractivity contribution < 1.29 is 4.79 Å². The van der Waals surface area contributed by atoms with Gasteiger partial charge >= 0.3 is 0 Å². The van der Waals surface area contributed by atoms with Crippen LogP contribution in [0.4, 0.5) is 0 Å². The van der Waals surface area contributed by atoms with Gasteiger partial charge in [-0.1, -0.05) is 6.07 Å². The first kappa shape index (κ1) is 19.2. The van der Waals surface area contributed by atoms with Crippen molar-refractivity contribution in [2.45, 2.75) is 31.7 Å². The highest BCUT2D eigenvalue weighted by atomic mass is 35.5. The Hall–Kier alpha value is -0.840. The predicted molar refractivity (Wildman–Crippen MR) is 85.7 cm³/mol. The second-order valence-corrected chi connectivity index (χ2v) is 4.76. The van der Waals surface area contributed by atoms with Crippen molar-refractivity contribution in [3.8, 4) is 0 Å². The van der Waals surface area contributed by atoms with Crippen molar-refractivity contribution in [3.05, 3.63) is 30.1 Å². The fraction of sp³-hybridized carbons (Fsp3) is 0.571. The van der Waals surface area contributed by atoms with E-state index in [1.165, 1.54) is 0 Å². The molecular weight excluding hydrogens is 297 g/mol. The summed E-state index contributed by atoms with van der Waals surface area (Å²) in [5, 5.41) is 3.16. The fourth-order valence-electron chi connectivity index (χ4n) is 2.54. The Bertz CT molecular complexity index is 389. The molecule has 1 atom stereocenters.